The van der Waals surface area contributed by atoms with Crippen molar-refractivity contribution in [2.45, 2.75) is 52.8 Å². The van der Waals surface area contributed by atoms with Crippen LogP contribution in [0.2, 0.25) is 0 Å². The fourth-order valence-corrected chi connectivity index (χ4v) is 2.91. The molecule has 2 atom stereocenters. The molecule has 0 bridgehead atoms. The Morgan fingerprint density at radius 1 is 1.33 bits per heavy atom. The minimum absolute atomic E-state index is 0.243. The molecule has 100 valence electrons. The Labute approximate surface area is 111 Å². The van der Waals surface area contributed by atoms with Gasteiger partial charge in [-0.2, -0.15) is 0 Å². The van der Waals surface area contributed by atoms with Gasteiger partial charge in [0, 0.05) is 25.1 Å². The van der Waals surface area contributed by atoms with Gasteiger partial charge in [-0.05, 0) is 31.4 Å². The van der Waals surface area contributed by atoms with Crippen molar-refractivity contribution >= 4 is 0 Å². The van der Waals surface area contributed by atoms with Gasteiger partial charge < -0.3 is 10.1 Å². The summed E-state index contributed by atoms with van der Waals surface area (Å²) in [5.74, 6) is 0. The molecule has 0 saturated heterocycles. The lowest BCUT2D eigenvalue weighted by atomic mass is 9.64. The normalized spacial score (nSPS) is 25.8. The van der Waals surface area contributed by atoms with Crippen LogP contribution in [0.15, 0.2) is 18.2 Å². The zero-order chi connectivity index (χ0) is 13.3. The fourth-order valence-electron chi connectivity index (χ4n) is 2.91. The lowest BCUT2D eigenvalue weighted by Gasteiger charge is -2.51. The monoisotopic (exact) mass is 247 g/mol. The number of aryl methyl sites for hydroxylation is 2. The average molecular weight is 247 g/mol. The Balaban J connectivity index is 1.93. The van der Waals surface area contributed by atoms with Crippen LogP contribution in [0.1, 0.15) is 37.0 Å². The Morgan fingerprint density at radius 2 is 2.06 bits per heavy atom. The molecule has 0 heterocycles. The van der Waals surface area contributed by atoms with Crippen molar-refractivity contribution in [3.63, 3.8) is 0 Å². The second kappa shape index (κ2) is 5.02. The summed E-state index contributed by atoms with van der Waals surface area (Å²) in [6.45, 7) is 9.85. The lowest BCUT2D eigenvalue weighted by Crippen LogP contribution is -2.60. The first-order chi connectivity index (χ1) is 8.45. The predicted molar refractivity (Wildman–Crippen MR) is 75.7 cm³/mol. The van der Waals surface area contributed by atoms with Gasteiger partial charge in [0.15, 0.2) is 0 Å². The smallest absolute Gasteiger partial charge is 0.0652 e. The van der Waals surface area contributed by atoms with Gasteiger partial charge in [-0.1, -0.05) is 37.6 Å². The van der Waals surface area contributed by atoms with Crippen LogP contribution in [0, 0.1) is 19.3 Å². The van der Waals surface area contributed by atoms with Gasteiger partial charge in [0.2, 0.25) is 0 Å². The van der Waals surface area contributed by atoms with E-state index in [1.165, 1.54) is 16.7 Å². The van der Waals surface area contributed by atoms with Crippen molar-refractivity contribution in [2.24, 2.45) is 5.41 Å². The van der Waals surface area contributed by atoms with Crippen molar-refractivity contribution in [3.8, 4) is 0 Å². The van der Waals surface area contributed by atoms with Crippen molar-refractivity contribution < 1.29 is 4.74 Å². The van der Waals surface area contributed by atoms with Crippen LogP contribution < -0.4 is 5.32 Å². The largest absolute Gasteiger partial charge is 0.381 e. The number of nitrogens with one attached hydrogen (secondary N) is 1. The second-order valence-corrected chi connectivity index (χ2v) is 6.14. The topological polar surface area (TPSA) is 21.3 Å². The van der Waals surface area contributed by atoms with Crippen molar-refractivity contribution in [1.82, 2.24) is 5.32 Å². The molecular weight excluding hydrogens is 222 g/mol. The summed E-state index contributed by atoms with van der Waals surface area (Å²) in [4.78, 5) is 0. The maximum absolute atomic E-state index is 5.48. The first kappa shape index (κ1) is 13.6. The third kappa shape index (κ3) is 2.45. The van der Waals surface area contributed by atoms with Gasteiger partial charge in [0.1, 0.15) is 0 Å². The number of rotatable bonds is 4. The van der Waals surface area contributed by atoms with Gasteiger partial charge in [0.05, 0.1) is 6.10 Å². The molecule has 18 heavy (non-hydrogen) atoms. The summed E-state index contributed by atoms with van der Waals surface area (Å²) in [5.41, 5.74) is 4.35. The van der Waals surface area contributed by atoms with Crippen LogP contribution in [0.5, 0.6) is 0 Å². The van der Waals surface area contributed by atoms with Crippen molar-refractivity contribution in [2.75, 3.05) is 7.11 Å². The molecule has 0 amide bonds. The highest BCUT2D eigenvalue weighted by molar-refractivity contribution is 5.30. The minimum Gasteiger partial charge on any atom is -0.381 e. The average Bonchev–Trinajstić information content (AvgIpc) is 2.30. The van der Waals surface area contributed by atoms with E-state index >= 15 is 0 Å². The fraction of sp³-hybridized carbons (Fsp3) is 0.625. The van der Waals surface area contributed by atoms with Crippen LogP contribution in [0.3, 0.4) is 0 Å². The molecule has 1 aromatic rings. The molecule has 1 saturated carbocycles. The van der Waals surface area contributed by atoms with Gasteiger partial charge in [0.25, 0.3) is 0 Å². The highest BCUT2D eigenvalue weighted by Gasteiger charge is 2.48. The third-order valence-electron chi connectivity index (χ3n) is 4.50. The molecule has 1 fully saturated rings. The zero-order valence-corrected chi connectivity index (χ0v) is 12.2. The number of hydrogen-bond acceptors (Lipinski definition) is 2. The van der Waals surface area contributed by atoms with E-state index in [1.807, 2.05) is 7.11 Å². The van der Waals surface area contributed by atoms with E-state index in [2.05, 4.69) is 51.2 Å². The summed E-state index contributed by atoms with van der Waals surface area (Å²) < 4.78 is 5.48. The van der Waals surface area contributed by atoms with Crippen molar-refractivity contribution in [1.29, 1.82) is 0 Å². The Bertz CT molecular complexity index is 425. The molecule has 0 spiro atoms. The van der Waals surface area contributed by atoms with Crippen LogP contribution in [0.25, 0.3) is 0 Å². The van der Waals surface area contributed by atoms with Crippen LogP contribution >= 0.6 is 0 Å². The van der Waals surface area contributed by atoms with Gasteiger partial charge >= 0.3 is 0 Å². The molecule has 0 aromatic heterocycles. The maximum atomic E-state index is 5.48. The van der Waals surface area contributed by atoms with Gasteiger partial charge in [-0.15, -0.1) is 0 Å². The quantitative estimate of drug-likeness (QED) is 0.882. The zero-order valence-electron chi connectivity index (χ0n) is 12.2. The van der Waals surface area contributed by atoms with Gasteiger partial charge in [-0.25, -0.2) is 0 Å². The first-order valence-electron chi connectivity index (χ1n) is 6.77. The Hall–Kier alpha value is -0.860. The Morgan fingerprint density at radius 3 is 2.61 bits per heavy atom. The summed E-state index contributed by atoms with van der Waals surface area (Å²) in [6, 6.07) is 7.23. The van der Waals surface area contributed by atoms with Crippen LogP contribution in [-0.4, -0.2) is 19.3 Å². The van der Waals surface area contributed by atoms with E-state index in [0.29, 0.717) is 12.1 Å². The molecule has 2 nitrogen and oxygen atoms in total. The summed E-state index contributed by atoms with van der Waals surface area (Å²) in [7, 11) is 1.81. The molecule has 0 aliphatic heterocycles. The van der Waals surface area contributed by atoms with E-state index in [-0.39, 0.29) is 5.41 Å². The number of ether oxygens (including phenoxy) is 1. The summed E-state index contributed by atoms with van der Waals surface area (Å²) >= 11 is 0. The molecule has 0 radical (unpaired) electrons. The number of benzene rings is 1. The molecule has 2 heteroatoms. The molecule has 1 N–H and O–H groups in total. The van der Waals surface area contributed by atoms with Crippen molar-refractivity contribution in [3.05, 3.63) is 34.9 Å². The first-order valence-corrected chi connectivity index (χ1v) is 6.77. The Kier molecular flexibility index (Phi) is 3.79. The second-order valence-electron chi connectivity index (χ2n) is 6.14. The standard InChI is InChI=1S/C16H25NO/c1-11-6-7-13(12(2)8-11)10-17-14-9-15(18-5)16(14,3)4/h6-8,14-15,17H,9-10H2,1-5H3. The lowest BCUT2D eigenvalue weighted by molar-refractivity contribution is -0.0979. The third-order valence-corrected chi connectivity index (χ3v) is 4.50. The SMILES string of the molecule is COC1CC(NCc2ccc(C)cc2C)C1(C)C. The van der Waals surface area contributed by atoms with E-state index in [1.54, 1.807) is 0 Å². The number of methoxy groups -OCH3 is 1. The number of hydrogen-bond donors (Lipinski definition) is 1. The van der Waals surface area contributed by atoms with Gasteiger partial charge in [-0.3, -0.25) is 0 Å². The molecule has 1 aliphatic rings. The predicted octanol–water partition coefficient (Wildman–Crippen LogP) is 3.21. The molecule has 2 unspecified atom stereocenters. The summed E-state index contributed by atoms with van der Waals surface area (Å²) in [5, 5.41) is 3.67. The minimum atomic E-state index is 0.243. The summed E-state index contributed by atoms with van der Waals surface area (Å²) in [6.07, 6.45) is 1.52. The molecule has 1 aromatic carbocycles. The van der Waals surface area contributed by atoms with E-state index in [9.17, 15) is 0 Å². The van der Waals surface area contributed by atoms with E-state index < -0.39 is 0 Å². The highest BCUT2D eigenvalue weighted by atomic mass is 16.5. The molecule has 1 aliphatic carbocycles. The highest BCUT2D eigenvalue weighted by Crippen LogP contribution is 2.42. The molecular formula is C16H25NO. The van der Waals surface area contributed by atoms with E-state index in [4.69, 9.17) is 4.74 Å². The van der Waals surface area contributed by atoms with E-state index in [0.717, 1.165) is 13.0 Å². The molecule has 2 rings (SSSR count). The van der Waals surface area contributed by atoms with Crippen LogP contribution in [0.4, 0.5) is 0 Å². The maximum Gasteiger partial charge on any atom is 0.0652 e. The van der Waals surface area contributed by atoms with Crippen LogP contribution in [-0.2, 0) is 11.3 Å².